The fourth-order valence-electron chi connectivity index (χ4n) is 2.65. The summed E-state index contributed by atoms with van der Waals surface area (Å²) in [5.74, 6) is 1.06. The molecule has 0 bridgehead atoms. The van der Waals surface area contributed by atoms with E-state index in [0.29, 0.717) is 40.8 Å². The van der Waals surface area contributed by atoms with Gasteiger partial charge in [-0.3, -0.25) is 5.10 Å². The number of methoxy groups -OCH3 is 2. The highest BCUT2D eigenvalue weighted by Gasteiger charge is 2.16. The maximum atomic E-state index is 11.9. The van der Waals surface area contributed by atoms with Crippen LogP contribution >= 0.6 is 27.7 Å². The zero-order valence-corrected chi connectivity index (χ0v) is 19.7. The van der Waals surface area contributed by atoms with Crippen molar-refractivity contribution in [3.05, 3.63) is 64.0 Å². The number of hydrogen-bond donors (Lipinski definition) is 2. The summed E-state index contributed by atoms with van der Waals surface area (Å²) in [6.45, 7) is 3.93. The molecule has 0 saturated carbocycles. The number of nitrogens with zero attached hydrogens (tertiary/aromatic N) is 2. The van der Waals surface area contributed by atoms with Crippen LogP contribution in [0.5, 0.6) is 17.2 Å². The average molecular weight is 518 g/mol. The summed E-state index contributed by atoms with van der Waals surface area (Å²) in [4.78, 5) is 16.3. The van der Waals surface area contributed by atoms with Gasteiger partial charge in [-0.25, -0.2) is 9.78 Å². The van der Waals surface area contributed by atoms with E-state index in [-0.39, 0.29) is 10.1 Å². The number of benzene rings is 2. The molecule has 0 saturated heterocycles. The van der Waals surface area contributed by atoms with Gasteiger partial charge in [-0.1, -0.05) is 28.6 Å². The Morgan fingerprint density at radius 2 is 1.94 bits per heavy atom. The molecule has 0 radical (unpaired) electrons. The van der Waals surface area contributed by atoms with Crippen molar-refractivity contribution in [1.29, 1.82) is 0 Å². The SMILES string of the molecule is C=CCOc1ccc(Br)cc1/C=C(\Sc1n[nH]c(-c2cc(OC)cc(OC)c2)n1)C(=O)O. The summed E-state index contributed by atoms with van der Waals surface area (Å²) in [5.41, 5.74) is 1.29. The summed E-state index contributed by atoms with van der Waals surface area (Å²) in [7, 11) is 3.11. The smallest absolute Gasteiger partial charge is 0.342 e. The summed E-state index contributed by atoms with van der Waals surface area (Å²) in [6.07, 6.45) is 3.13. The molecule has 32 heavy (non-hydrogen) atoms. The Labute approximate surface area is 197 Å². The molecule has 166 valence electrons. The van der Waals surface area contributed by atoms with E-state index in [1.54, 1.807) is 50.6 Å². The van der Waals surface area contributed by atoms with E-state index in [0.717, 1.165) is 16.2 Å². The second kappa shape index (κ2) is 10.9. The van der Waals surface area contributed by atoms with Crippen LogP contribution < -0.4 is 14.2 Å². The summed E-state index contributed by atoms with van der Waals surface area (Å²) < 4.78 is 17.0. The van der Waals surface area contributed by atoms with Gasteiger partial charge in [0.05, 0.1) is 14.2 Å². The van der Waals surface area contributed by atoms with Gasteiger partial charge in [0.1, 0.15) is 28.8 Å². The largest absolute Gasteiger partial charge is 0.497 e. The van der Waals surface area contributed by atoms with Gasteiger partial charge < -0.3 is 19.3 Å². The maximum Gasteiger partial charge on any atom is 0.342 e. The predicted octanol–water partition coefficient (Wildman–Crippen LogP) is 5.03. The van der Waals surface area contributed by atoms with Crippen molar-refractivity contribution in [3.63, 3.8) is 0 Å². The van der Waals surface area contributed by atoms with Crippen LogP contribution in [0.1, 0.15) is 5.56 Å². The molecule has 0 aliphatic rings. The summed E-state index contributed by atoms with van der Waals surface area (Å²) in [6, 6.07) is 10.6. The number of aromatic nitrogens is 3. The molecular formula is C22H20BrN3O5S. The number of carboxylic acid groups (broad SMARTS) is 1. The van der Waals surface area contributed by atoms with Crippen molar-refractivity contribution >= 4 is 39.7 Å². The zero-order valence-electron chi connectivity index (χ0n) is 17.3. The van der Waals surface area contributed by atoms with Gasteiger partial charge in [0.25, 0.3) is 0 Å². The molecule has 2 aromatic carbocycles. The molecule has 2 N–H and O–H groups in total. The number of aliphatic carboxylic acids is 1. The number of halogens is 1. The second-order valence-corrected chi connectivity index (χ2v) is 8.19. The Bertz CT molecular complexity index is 1140. The molecule has 1 heterocycles. The molecule has 0 aliphatic carbocycles. The van der Waals surface area contributed by atoms with Gasteiger partial charge in [-0.2, -0.15) is 0 Å². The topological polar surface area (TPSA) is 107 Å². The zero-order chi connectivity index (χ0) is 23.1. The number of aromatic amines is 1. The minimum absolute atomic E-state index is 0.0281. The van der Waals surface area contributed by atoms with E-state index in [1.807, 2.05) is 6.07 Å². The van der Waals surface area contributed by atoms with E-state index in [2.05, 4.69) is 37.7 Å². The molecule has 0 spiro atoms. The molecule has 0 atom stereocenters. The van der Waals surface area contributed by atoms with Crippen LogP contribution in [0.4, 0.5) is 0 Å². The van der Waals surface area contributed by atoms with Crippen molar-refractivity contribution < 1.29 is 24.1 Å². The van der Waals surface area contributed by atoms with Crippen molar-refractivity contribution in [3.8, 4) is 28.6 Å². The van der Waals surface area contributed by atoms with Gasteiger partial charge in [0, 0.05) is 21.7 Å². The van der Waals surface area contributed by atoms with E-state index >= 15 is 0 Å². The van der Waals surface area contributed by atoms with Crippen molar-refractivity contribution in [1.82, 2.24) is 15.2 Å². The lowest BCUT2D eigenvalue weighted by Gasteiger charge is -2.09. The summed E-state index contributed by atoms with van der Waals surface area (Å²) in [5, 5.41) is 17.0. The van der Waals surface area contributed by atoms with Gasteiger partial charge in [-0.05, 0) is 48.2 Å². The third kappa shape index (κ3) is 5.92. The molecule has 3 rings (SSSR count). The molecule has 0 fully saturated rings. The number of carboxylic acids is 1. The normalized spacial score (nSPS) is 11.2. The number of H-pyrrole nitrogens is 1. The molecule has 0 aliphatic heterocycles. The van der Waals surface area contributed by atoms with Crippen LogP contribution in [-0.4, -0.2) is 47.1 Å². The van der Waals surface area contributed by atoms with Crippen LogP contribution in [-0.2, 0) is 4.79 Å². The maximum absolute atomic E-state index is 11.9. The third-order valence-corrected chi connectivity index (χ3v) is 5.49. The van der Waals surface area contributed by atoms with Gasteiger partial charge in [0.2, 0.25) is 5.16 Å². The lowest BCUT2D eigenvalue weighted by atomic mass is 10.2. The molecule has 8 nitrogen and oxygen atoms in total. The average Bonchev–Trinajstić information content (AvgIpc) is 3.26. The first-order valence-corrected chi connectivity index (χ1v) is 10.9. The Kier molecular flexibility index (Phi) is 7.96. The lowest BCUT2D eigenvalue weighted by Crippen LogP contribution is -1.99. The van der Waals surface area contributed by atoms with Crippen LogP contribution in [0.2, 0.25) is 0 Å². The molecule has 10 heteroatoms. The van der Waals surface area contributed by atoms with Crippen LogP contribution in [0, 0.1) is 0 Å². The standard InChI is InChI=1S/C22H20BrN3O5S/c1-4-7-31-18-6-5-15(23)8-13(18)11-19(21(27)28)32-22-24-20(25-26-22)14-9-16(29-2)12-17(10-14)30-3/h4-6,8-12H,1,7H2,2-3H3,(H,27,28)(H,24,25,26)/b19-11-. The van der Waals surface area contributed by atoms with Crippen LogP contribution in [0.25, 0.3) is 17.5 Å². The minimum atomic E-state index is -1.11. The molecule has 0 unspecified atom stereocenters. The molecule has 0 amide bonds. The Morgan fingerprint density at radius 3 is 2.56 bits per heavy atom. The van der Waals surface area contributed by atoms with Crippen molar-refractivity contribution in [2.75, 3.05) is 20.8 Å². The van der Waals surface area contributed by atoms with Crippen molar-refractivity contribution in [2.24, 2.45) is 0 Å². The fourth-order valence-corrected chi connectivity index (χ4v) is 3.73. The first-order chi connectivity index (χ1) is 15.4. The lowest BCUT2D eigenvalue weighted by molar-refractivity contribution is -0.131. The minimum Gasteiger partial charge on any atom is -0.497 e. The molecule has 3 aromatic rings. The second-order valence-electron chi connectivity index (χ2n) is 6.27. The number of nitrogens with one attached hydrogen (secondary N) is 1. The Hall–Kier alpha value is -3.24. The summed E-state index contributed by atoms with van der Waals surface area (Å²) >= 11 is 4.32. The van der Waals surface area contributed by atoms with E-state index < -0.39 is 5.97 Å². The van der Waals surface area contributed by atoms with E-state index in [4.69, 9.17) is 14.2 Å². The highest BCUT2D eigenvalue weighted by molar-refractivity contribution is 9.10. The first kappa shape index (κ1) is 23.4. The number of rotatable bonds is 10. The highest BCUT2D eigenvalue weighted by atomic mass is 79.9. The van der Waals surface area contributed by atoms with Gasteiger partial charge in [-0.15, -0.1) is 5.10 Å². The van der Waals surface area contributed by atoms with E-state index in [1.165, 1.54) is 6.08 Å². The Balaban J connectivity index is 1.91. The van der Waals surface area contributed by atoms with Gasteiger partial charge >= 0.3 is 5.97 Å². The van der Waals surface area contributed by atoms with Gasteiger partial charge in [0.15, 0.2) is 5.82 Å². The quantitative estimate of drug-likeness (QED) is 0.219. The van der Waals surface area contributed by atoms with Crippen molar-refractivity contribution in [2.45, 2.75) is 5.16 Å². The fraction of sp³-hybridized carbons (Fsp3) is 0.136. The monoisotopic (exact) mass is 517 g/mol. The highest BCUT2D eigenvalue weighted by Crippen LogP contribution is 2.33. The van der Waals surface area contributed by atoms with E-state index in [9.17, 15) is 9.90 Å². The third-order valence-electron chi connectivity index (χ3n) is 4.12. The number of ether oxygens (including phenoxy) is 3. The van der Waals surface area contributed by atoms with Crippen LogP contribution in [0.3, 0.4) is 0 Å². The molecule has 1 aromatic heterocycles. The first-order valence-electron chi connectivity index (χ1n) is 9.25. The number of hydrogen-bond acceptors (Lipinski definition) is 7. The number of carbonyl (C=O) groups is 1. The molecular weight excluding hydrogens is 498 g/mol. The predicted molar refractivity (Wildman–Crippen MR) is 126 cm³/mol. The Morgan fingerprint density at radius 1 is 1.22 bits per heavy atom. The van der Waals surface area contributed by atoms with Crippen LogP contribution in [0.15, 0.2) is 63.6 Å². The number of thioether (sulfide) groups is 1.